The van der Waals surface area contributed by atoms with Crippen LogP contribution in [-0.2, 0) is 9.53 Å². The number of nitro benzene ring substituents is 1. The highest BCUT2D eigenvalue weighted by Gasteiger charge is 2.24. The summed E-state index contributed by atoms with van der Waals surface area (Å²) in [7, 11) is 1.39. The molecule has 1 aromatic carbocycles. The average molecular weight is 350 g/mol. The molecule has 2 rings (SSSR count). The number of hydrogen-bond acceptors (Lipinski definition) is 6. The van der Waals surface area contributed by atoms with Crippen molar-refractivity contribution in [2.75, 3.05) is 20.2 Å². The molecule has 0 radical (unpaired) electrons. The third-order valence-corrected chi connectivity index (χ3v) is 4.35. The summed E-state index contributed by atoms with van der Waals surface area (Å²) in [6, 6.07) is 5.43. The molecule has 0 N–H and O–H groups in total. The van der Waals surface area contributed by atoms with E-state index in [4.69, 9.17) is 4.74 Å². The van der Waals surface area contributed by atoms with Crippen LogP contribution in [0, 0.1) is 16.0 Å². The third-order valence-electron chi connectivity index (χ3n) is 4.35. The molecule has 0 atom stereocenters. The number of likely N-dealkylation sites (tertiary alicyclic amines) is 1. The molecule has 1 fully saturated rings. The van der Waals surface area contributed by atoms with Crippen LogP contribution in [0.25, 0.3) is 0 Å². The molecular formula is C17H22N2O6. The van der Waals surface area contributed by atoms with Gasteiger partial charge in [-0.15, -0.1) is 0 Å². The van der Waals surface area contributed by atoms with E-state index in [-0.39, 0.29) is 17.4 Å². The van der Waals surface area contributed by atoms with Crippen LogP contribution in [-0.4, -0.2) is 42.1 Å². The lowest BCUT2D eigenvalue weighted by Crippen LogP contribution is -2.40. The number of non-ortho nitro benzene ring substituents is 1. The van der Waals surface area contributed by atoms with Gasteiger partial charge in [0.15, 0.2) is 0 Å². The van der Waals surface area contributed by atoms with Crippen LogP contribution in [0.5, 0.6) is 5.75 Å². The molecule has 25 heavy (non-hydrogen) atoms. The predicted molar refractivity (Wildman–Crippen MR) is 89.3 cm³/mol. The summed E-state index contributed by atoms with van der Waals surface area (Å²) in [5, 5.41) is 10.6. The van der Waals surface area contributed by atoms with Gasteiger partial charge in [0.2, 0.25) is 0 Å². The molecule has 1 aliphatic rings. The number of benzene rings is 1. The fourth-order valence-corrected chi connectivity index (χ4v) is 2.84. The SMILES string of the molecule is COC(=O)CCCC1CCN(C(=O)Oc2ccc([N+](=O)[O-])cc2)CC1. The molecule has 1 aromatic rings. The van der Waals surface area contributed by atoms with E-state index in [1.165, 1.54) is 31.4 Å². The molecule has 136 valence electrons. The van der Waals surface area contributed by atoms with Crippen molar-refractivity contribution in [2.24, 2.45) is 5.92 Å². The zero-order chi connectivity index (χ0) is 18.2. The van der Waals surface area contributed by atoms with Gasteiger partial charge in [-0.2, -0.15) is 0 Å². The van der Waals surface area contributed by atoms with E-state index >= 15 is 0 Å². The summed E-state index contributed by atoms with van der Waals surface area (Å²) in [6.07, 6.45) is 3.47. The Morgan fingerprint density at radius 3 is 2.44 bits per heavy atom. The first-order chi connectivity index (χ1) is 12.0. The Hall–Kier alpha value is -2.64. The van der Waals surface area contributed by atoms with Gasteiger partial charge in [-0.05, 0) is 43.7 Å². The van der Waals surface area contributed by atoms with Gasteiger partial charge in [0.05, 0.1) is 12.0 Å². The maximum atomic E-state index is 12.1. The number of carbonyl (C=O) groups excluding carboxylic acids is 2. The van der Waals surface area contributed by atoms with Crippen molar-refractivity contribution in [1.29, 1.82) is 0 Å². The van der Waals surface area contributed by atoms with Crippen molar-refractivity contribution >= 4 is 17.7 Å². The number of methoxy groups -OCH3 is 1. The highest BCUT2D eigenvalue weighted by Crippen LogP contribution is 2.24. The van der Waals surface area contributed by atoms with Crippen LogP contribution < -0.4 is 4.74 Å². The summed E-state index contributed by atoms with van der Waals surface area (Å²) >= 11 is 0. The van der Waals surface area contributed by atoms with Gasteiger partial charge < -0.3 is 14.4 Å². The van der Waals surface area contributed by atoms with E-state index in [1.807, 2.05) is 0 Å². The molecule has 8 heteroatoms. The maximum Gasteiger partial charge on any atom is 0.415 e. The van der Waals surface area contributed by atoms with Crippen molar-refractivity contribution in [3.63, 3.8) is 0 Å². The monoisotopic (exact) mass is 350 g/mol. The quantitative estimate of drug-likeness (QED) is 0.444. The lowest BCUT2D eigenvalue weighted by atomic mass is 9.92. The summed E-state index contributed by atoms with van der Waals surface area (Å²) in [5.74, 6) is 0.591. The van der Waals surface area contributed by atoms with E-state index in [9.17, 15) is 19.7 Å². The molecule has 1 heterocycles. The zero-order valence-corrected chi connectivity index (χ0v) is 14.2. The minimum atomic E-state index is -0.503. The van der Waals surface area contributed by atoms with Crippen LogP contribution in [0.1, 0.15) is 32.1 Å². The van der Waals surface area contributed by atoms with Crippen LogP contribution in [0.4, 0.5) is 10.5 Å². The standard InChI is InChI=1S/C17H22N2O6/c1-24-16(20)4-2-3-13-9-11-18(12-10-13)17(21)25-15-7-5-14(6-8-15)19(22)23/h5-8,13H,2-4,9-12H2,1H3. The van der Waals surface area contributed by atoms with Gasteiger partial charge >= 0.3 is 12.1 Å². The second-order valence-corrected chi connectivity index (χ2v) is 6.02. The molecule has 0 bridgehead atoms. The minimum Gasteiger partial charge on any atom is -0.469 e. The number of carbonyl (C=O) groups is 2. The summed E-state index contributed by atoms with van der Waals surface area (Å²) in [5.41, 5.74) is -0.0485. The Morgan fingerprint density at radius 1 is 1.24 bits per heavy atom. The number of nitro groups is 1. The highest BCUT2D eigenvalue weighted by atomic mass is 16.6. The second-order valence-electron chi connectivity index (χ2n) is 6.02. The Labute approximate surface area is 145 Å². The molecular weight excluding hydrogens is 328 g/mol. The van der Waals surface area contributed by atoms with Crippen LogP contribution in [0.15, 0.2) is 24.3 Å². The normalized spacial score (nSPS) is 14.8. The highest BCUT2D eigenvalue weighted by molar-refractivity contribution is 5.71. The number of hydrogen-bond donors (Lipinski definition) is 0. The lowest BCUT2D eigenvalue weighted by Gasteiger charge is -2.31. The van der Waals surface area contributed by atoms with Gasteiger partial charge in [0.1, 0.15) is 5.75 Å². The Kier molecular flexibility index (Phi) is 6.73. The van der Waals surface area contributed by atoms with Crippen molar-refractivity contribution in [3.05, 3.63) is 34.4 Å². The van der Waals surface area contributed by atoms with Gasteiger partial charge in [-0.1, -0.05) is 0 Å². The topological polar surface area (TPSA) is 99.0 Å². The molecule has 0 aromatic heterocycles. The van der Waals surface area contributed by atoms with Crippen LogP contribution >= 0.6 is 0 Å². The molecule has 1 amide bonds. The summed E-state index contributed by atoms with van der Waals surface area (Å²) in [6.45, 7) is 1.21. The fraction of sp³-hybridized carbons (Fsp3) is 0.529. The van der Waals surface area contributed by atoms with Crippen molar-refractivity contribution in [2.45, 2.75) is 32.1 Å². The average Bonchev–Trinajstić information content (AvgIpc) is 2.62. The molecule has 8 nitrogen and oxygen atoms in total. The van der Waals surface area contributed by atoms with Gasteiger partial charge in [0, 0.05) is 31.6 Å². The third kappa shape index (κ3) is 5.74. The molecule has 0 saturated carbocycles. The van der Waals surface area contributed by atoms with Gasteiger partial charge in [-0.3, -0.25) is 14.9 Å². The second kappa shape index (κ2) is 9.00. The predicted octanol–water partition coefficient (Wildman–Crippen LogP) is 3.15. The number of piperidine rings is 1. The Bertz CT molecular complexity index is 608. The van der Waals surface area contributed by atoms with E-state index in [0.29, 0.717) is 25.4 Å². The zero-order valence-electron chi connectivity index (χ0n) is 14.2. The summed E-state index contributed by atoms with van der Waals surface area (Å²) < 4.78 is 9.87. The van der Waals surface area contributed by atoms with E-state index in [0.717, 1.165) is 25.7 Å². The van der Waals surface area contributed by atoms with Crippen molar-refractivity contribution in [1.82, 2.24) is 4.90 Å². The molecule has 1 aliphatic heterocycles. The lowest BCUT2D eigenvalue weighted by molar-refractivity contribution is -0.384. The number of ether oxygens (including phenoxy) is 2. The molecule has 0 unspecified atom stereocenters. The van der Waals surface area contributed by atoms with Gasteiger partial charge in [0.25, 0.3) is 5.69 Å². The van der Waals surface area contributed by atoms with Gasteiger partial charge in [-0.25, -0.2) is 4.79 Å². The van der Waals surface area contributed by atoms with Crippen molar-refractivity contribution < 1.29 is 24.0 Å². The first-order valence-corrected chi connectivity index (χ1v) is 8.27. The van der Waals surface area contributed by atoms with Crippen molar-refractivity contribution in [3.8, 4) is 5.75 Å². The summed E-state index contributed by atoms with van der Waals surface area (Å²) in [4.78, 5) is 35.0. The van der Waals surface area contributed by atoms with E-state index in [2.05, 4.69) is 4.74 Å². The Balaban J connectivity index is 1.73. The molecule has 1 saturated heterocycles. The van der Waals surface area contributed by atoms with E-state index < -0.39 is 11.0 Å². The smallest absolute Gasteiger partial charge is 0.415 e. The maximum absolute atomic E-state index is 12.1. The largest absolute Gasteiger partial charge is 0.469 e. The van der Waals surface area contributed by atoms with Crippen LogP contribution in [0.2, 0.25) is 0 Å². The number of amides is 1. The number of esters is 1. The minimum absolute atomic E-state index is 0.0485. The molecule has 0 spiro atoms. The first-order valence-electron chi connectivity index (χ1n) is 8.27. The fourth-order valence-electron chi connectivity index (χ4n) is 2.84. The first kappa shape index (κ1) is 18.7. The van der Waals surface area contributed by atoms with Crippen LogP contribution in [0.3, 0.4) is 0 Å². The number of rotatable bonds is 6. The Morgan fingerprint density at radius 2 is 1.88 bits per heavy atom. The van der Waals surface area contributed by atoms with E-state index in [1.54, 1.807) is 4.90 Å². The molecule has 0 aliphatic carbocycles. The number of nitrogens with zero attached hydrogens (tertiary/aromatic N) is 2.